The second-order valence-electron chi connectivity index (χ2n) is 8.10. The van der Waals surface area contributed by atoms with Crippen LogP contribution >= 0.6 is 0 Å². The maximum atomic E-state index is 13.9. The Hall–Kier alpha value is -3.03. The maximum Gasteiger partial charge on any atom is 0.241 e. The summed E-state index contributed by atoms with van der Waals surface area (Å²) < 4.78 is 37.6. The van der Waals surface area contributed by atoms with Crippen molar-refractivity contribution in [2.45, 2.75) is 30.2 Å². The second-order valence-corrected chi connectivity index (χ2v) is 10.1. The first kappa shape index (κ1) is 24.6. The Labute approximate surface area is 195 Å². The zero-order valence-corrected chi connectivity index (χ0v) is 19.8. The average Bonchev–Trinajstić information content (AvgIpc) is 2.81. The van der Waals surface area contributed by atoms with Crippen LogP contribution in [0.25, 0.3) is 0 Å². The van der Waals surface area contributed by atoms with Crippen LogP contribution in [-0.4, -0.2) is 34.2 Å². The van der Waals surface area contributed by atoms with Crippen LogP contribution in [0.5, 0.6) is 0 Å². The van der Waals surface area contributed by atoms with Gasteiger partial charge in [0.25, 0.3) is 0 Å². The van der Waals surface area contributed by atoms with Gasteiger partial charge in [-0.05, 0) is 60.3 Å². The second kappa shape index (κ2) is 10.7. The van der Waals surface area contributed by atoms with E-state index in [0.29, 0.717) is 18.5 Å². The van der Waals surface area contributed by atoms with Crippen molar-refractivity contribution in [3.8, 4) is 0 Å². The standard InChI is InChI=1S/C26H29FN2O3S/c1-18-17-21(11-14-24(18)27)23(19-9-12-22(13-10-19)33(3,31)32)15-16-29-25(26(30)28-2)20-7-5-4-6-8-20/h4-14,17,23,25,29H,15-16H2,1-3H3,(H,28,30)/t23-,25+/m0/s1. The lowest BCUT2D eigenvalue weighted by molar-refractivity contribution is -0.122. The summed E-state index contributed by atoms with van der Waals surface area (Å²) in [4.78, 5) is 12.7. The van der Waals surface area contributed by atoms with Gasteiger partial charge in [0, 0.05) is 19.2 Å². The summed E-state index contributed by atoms with van der Waals surface area (Å²) >= 11 is 0. The number of carbonyl (C=O) groups is 1. The number of likely N-dealkylation sites (N-methyl/N-ethyl adjacent to an activating group) is 1. The molecule has 2 atom stereocenters. The minimum absolute atomic E-state index is 0.105. The van der Waals surface area contributed by atoms with Crippen molar-refractivity contribution in [2.75, 3.05) is 19.8 Å². The molecule has 0 saturated carbocycles. The molecule has 2 N–H and O–H groups in total. The van der Waals surface area contributed by atoms with Crippen LogP contribution < -0.4 is 10.6 Å². The molecule has 5 nitrogen and oxygen atoms in total. The fourth-order valence-electron chi connectivity index (χ4n) is 3.88. The molecule has 0 aliphatic carbocycles. The molecular formula is C26H29FN2O3S. The van der Waals surface area contributed by atoms with Crippen LogP contribution in [0.15, 0.2) is 77.7 Å². The van der Waals surface area contributed by atoms with Gasteiger partial charge in [0.15, 0.2) is 9.84 Å². The minimum Gasteiger partial charge on any atom is -0.358 e. The Morgan fingerprint density at radius 2 is 1.58 bits per heavy atom. The number of rotatable bonds is 9. The summed E-state index contributed by atoms with van der Waals surface area (Å²) in [6.45, 7) is 2.24. The van der Waals surface area contributed by atoms with Crippen LogP contribution in [0.3, 0.4) is 0 Å². The molecule has 0 saturated heterocycles. The molecule has 3 aromatic carbocycles. The van der Waals surface area contributed by atoms with Gasteiger partial charge in [0.1, 0.15) is 11.9 Å². The fraction of sp³-hybridized carbons (Fsp3) is 0.269. The number of halogens is 1. The lowest BCUT2D eigenvalue weighted by Crippen LogP contribution is -2.36. The predicted octanol–water partition coefficient (Wildman–Crippen LogP) is 4.14. The van der Waals surface area contributed by atoms with Crippen LogP contribution in [0.4, 0.5) is 4.39 Å². The van der Waals surface area contributed by atoms with E-state index >= 15 is 0 Å². The lowest BCUT2D eigenvalue weighted by atomic mass is 9.87. The van der Waals surface area contributed by atoms with Crippen LogP contribution in [0.2, 0.25) is 0 Å². The Kier molecular flexibility index (Phi) is 8.00. The zero-order chi connectivity index (χ0) is 24.0. The number of amides is 1. The van der Waals surface area contributed by atoms with Gasteiger partial charge in [0.2, 0.25) is 5.91 Å². The Balaban J connectivity index is 1.86. The number of aryl methyl sites for hydroxylation is 1. The number of hydrogen-bond acceptors (Lipinski definition) is 4. The number of benzene rings is 3. The number of nitrogens with one attached hydrogen (secondary N) is 2. The van der Waals surface area contributed by atoms with E-state index in [2.05, 4.69) is 10.6 Å². The Bertz CT molecular complexity index is 1200. The topological polar surface area (TPSA) is 75.3 Å². The highest BCUT2D eigenvalue weighted by Crippen LogP contribution is 2.30. The summed E-state index contributed by atoms with van der Waals surface area (Å²) in [7, 11) is -1.70. The summed E-state index contributed by atoms with van der Waals surface area (Å²) in [5.74, 6) is -0.508. The van der Waals surface area contributed by atoms with Crippen molar-refractivity contribution >= 4 is 15.7 Å². The van der Waals surface area contributed by atoms with E-state index in [-0.39, 0.29) is 22.5 Å². The molecule has 3 aromatic rings. The van der Waals surface area contributed by atoms with Gasteiger partial charge in [-0.1, -0.05) is 54.6 Å². The van der Waals surface area contributed by atoms with Crippen molar-refractivity contribution in [3.63, 3.8) is 0 Å². The van der Waals surface area contributed by atoms with Gasteiger partial charge in [-0.15, -0.1) is 0 Å². The van der Waals surface area contributed by atoms with E-state index in [9.17, 15) is 17.6 Å². The monoisotopic (exact) mass is 468 g/mol. The molecule has 0 fully saturated rings. The highest BCUT2D eigenvalue weighted by molar-refractivity contribution is 7.90. The van der Waals surface area contributed by atoms with Crippen molar-refractivity contribution in [3.05, 3.63) is 101 Å². The van der Waals surface area contributed by atoms with Crippen molar-refractivity contribution in [2.24, 2.45) is 0 Å². The Morgan fingerprint density at radius 1 is 0.939 bits per heavy atom. The first-order chi connectivity index (χ1) is 15.7. The third-order valence-electron chi connectivity index (χ3n) is 5.72. The summed E-state index contributed by atoms with van der Waals surface area (Å²) in [5, 5.41) is 6.04. The third kappa shape index (κ3) is 6.27. The zero-order valence-electron chi connectivity index (χ0n) is 19.0. The van der Waals surface area contributed by atoms with E-state index < -0.39 is 15.9 Å². The first-order valence-electron chi connectivity index (χ1n) is 10.8. The maximum absolute atomic E-state index is 13.9. The third-order valence-corrected chi connectivity index (χ3v) is 6.85. The molecular weight excluding hydrogens is 439 g/mol. The largest absolute Gasteiger partial charge is 0.358 e. The molecule has 33 heavy (non-hydrogen) atoms. The molecule has 0 aliphatic rings. The van der Waals surface area contributed by atoms with Gasteiger partial charge in [-0.2, -0.15) is 0 Å². The van der Waals surface area contributed by atoms with Gasteiger partial charge in [-0.25, -0.2) is 12.8 Å². The van der Waals surface area contributed by atoms with Gasteiger partial charge < -0.3 is 10.6 Å². The molecule has 0 radical (unpaired) electrons. The first-order valence-corrected chi connectivity index (χ1v) is 12.7. The summed E-state index contributed by atoms with van der Waals surface area (Å²) in [6.07, 6.45) is 1.80. The number of carbonyl (C=O) groups excluding carboxylic acids is 1. The van der Waals surface area contributed by atoms with Crippen LogP contribution in [0.1, 0.15) is 40.6 Å². The van der Waals surface area contributed by atoms with Gasteiger partial charge >= 0.3 is 0 Å². The lowest BCUT2D eigenvalue weighted by Gasteiger charge is -2.22. The Morgan fingerprint density at radius 3 is 2.15 bits per heavy atom. The number of sulfone groups is 1. The highest BCUT2D eigenvalue weighted by Gasteiger charge is 2.21. The minimum atomic E-state index is -3.30. The van der Waals surface area contributed by atoms with Crippen molar-refractivity contribution in [1.29, 1.82) is 0 Å². The van der Waals surface area contributed by atoms with Crippen molar-refractivity contribution in [1.82, 2.24) is 10.6 Å². The van der Waals surface area contributed by atoms with E-state index in [1.54, 1.807) is 44.3 Å². The molecule has 0 bridgehead atoms. The molecule has 0 aromatic heterocycles. The molecule has 0 unspecified atom stereocenters. The number of hydrogen-bond donors (Lipinski definition) is 2. The average molecular weight is 469 g/mol. The molecule has 0 aliphatic heterocycles. The molecule has 0 heterocycles. The highest BCUT2D eigenvalue weighted by atomic mass is 32.2. The smallest absolute Gasteiger partial charge is 0.241 e. The van der Waals surface area contributed by atoms with Crippen molar-refractivity contribution < 1.29 is 17.6 Å². The predicted molar refractivity (Wildman–Crippen MR) is 128 cm³/mol. The van der Waals surface area contributed by atoms with Crippen LogP contribution in [-0.2, 0) is 14.6 Å². The molecule has 0 spiro atoms. The van der Waals surface area contributed by atoms with Gasteiger partial charge in [0.05, 0.1) is 4.90 Å². The normalized spacial score (nSPS) is 13.3. The summed E-state index contributed by atoms with van der Waals surface area (Å²) in [5.41, 5.74) is 3.26. The fourth-order valence-corrected chi connectivity index (χ4v) is 4.51. The quantitative estimate of drug-likeness (QED) is 0.495. The molecule has 1 amide bonds. The van der Waals surface area contributed by atoms with Crippen LogP contribution in [0, 0.1) is 12.7 Å². The SMILES string of the molecule is CNC(=O)[C@H](NCC[C@@H](c1ccc(S(C)(=O)=O)cc1)c1ccc(F)c(C)c1)c1ccccc1. The summed E-state index contributed by atoms with van der Waals surface area (Å²) in [6, 6.07) is 20.8. The van der Waals surface area contributed by atoms with E-state index in [1.807, 2.05) is 36.4 Å². The van der Waals surface area contributed by atoms with E-state index in [0.717, 1.165) is 16.7 Å². The van der Waals surface area contributed by atoms with Gasteiger partial charge in [-0.3, -0.25) is 4.79 Å². The molecule has 174 valence electrons. The van der Waals surface area contributed by atoms with E-state index in [1.165, 1.54) is 12.3 Å². The molecule has 7 heteroatoms. The molecule has 3 rings (SSSR count). The van der Waals surface area contributed by atoms with E-state index in [4.69, 9.17) is 0 Å².